The van der Waals surface area contributed by atoms with Crippen molar-refractivity contribution in [2.75, 3.05) is 0 Å². The summed E-state index contributed by atoms with van der Waals surface area (Å²) < 4.78 is 0. The zero-order chi connectivity index (χ0) is 19.6. The highest BCUT2D eigenvalue weighted by Crippen LogP contribution is 2.51. The highest BCUT2D eigenvalue weighted by atomic mass is 14.7. The lowest BCUT2D eigenvalue weighted by molar-refractivity contribution is 0.662. The van der Waals surface area contributed by atoms with Gasteiger partial charge in [-0.1, -0.05) is 68.4 Å². The van der Waals surface area contributed by atoms with Gasteiger partial charge in [0, 0.05) is 27.9 Å². The van der Waals surface area contributed by atoms with E-state index < -0.39 is 0 Å². The van der Waals surface area contributed by atoms with Crippen LogP contribution in [0.25, 0.3) is 44.2 Å². The Bertz CT molecular complexity index is 1430. The number of pyridine rings is 2. The largest absolute Gasteiger partial charge is 0.256 e. The standard InChI is InChI=1S/C27H20N2/c1-27(2)22-11-4-3-7-18(22)19-8-5-9-20(25(19)27)24-15-13-17-12-14-23-21(26(17)29-24)10-6-16-28-23/h3-16H,1-2H3. The maximum Gasteiger partial charge on any atom is 0.0803 e. The van der Waals surface area contributed by atoms with E-state index in [1.54, 1.807) is 0 Å². The van der Waals surface area contributed by atoms with Gasteiger partial charge in [0.2, 0.25) is 0 Å². The maximum atomic E-state index is 5.14. The molecule has 0 saturated carbocycles. The molecule has 6 rings (SSSR count). The SMILES string of the molecule is CC1(C)c2ccccc2-c2cccc(-c3ccc4ccc5ncccc5c4n3)c21. The van der Waals surface area contributed by atoms with Crippen LogP contribution < -0.4 is 0 Å². The van der Waals surface area contributed by atoms with Crippen LogP contribution in [-0.4, -0.2) is 9.97 Å². The van der Waals surface area contributed by atoms with Crippen molar-refractivity contribution < 1.29 is 0 Å². The first-order valence-electron chi connectivity index (χ1n) is 10.0. The van der Waals surface area contributed by atoms with Gasteiger partial charge < -0.3 is 0 Å². The van der Waals surface area contributed by atoms with Crippen LogP contribution in [0, 0.1) is 0 Å². The zero-order valence-corrected chi connectivity index (χ0v) is 16.5. The van der Waals surface area contributed by atoms with Gasteiger partial charge in [-0.3, -0.25) is 4.98 Å². The van der Waals surface area contributed by atoms with Gasteiger partial charge in [-0.2, -0.15) is 0 Å². The van der Waals surface area contributed by atoms with Crippen LogP contribution in [0.1, 0.15) is 25.0 Å². The molecule has 0 bridgehead atoms. The summed E-state index contributed by atoms with van der Waals surface area (Å²) in [5.41, 5.74) is 9.59. The van der Waals surface area contributed by atoms with E-state index in [0.29, 0.717) is 0 Å². The molecule has 138 valence electrons. The van der Waals surface area contributed by atoms with Gasteiger partial charge in [-0.15, -0.1) is 0 Å². The molecule has 2 heterocycles. The molecule has 1 aliphatic carbocycles. The molecule has 0 N–H and O–H groups in total. The Morgan fingerprint density at radius 1 is 0.690 bits per heavy atom. The van der Waals surface area contributed by atoms with Crippen LogP contribution in [-0.2, 0) is 5.41 Å². The minimum atomic E-state index is -0.0561. The number of rotatable bonds is 1. The molecule has 5 aromatic rings. The summed E-state index contributed by atoms with van der Waals surface area (Å²) >= 11 is 0. The summed E-state index contributed by atoms with van der Waals surface area (Å²) in [7, 11) is 0. The summed E-state index contributed by atoms with van der Waals surface area (Å²) in [6.07, 6.45) is 1.84. The van der Waals surface area contributed by atoms with Gasteiger partial charge >= 0.3 is 0 Å². The molecule has 0 aliphatic heterocycles. The molecular formula is C27H20N2. The first-order chi connectivity index (χ1) is 14.1. The zero-order valence-electron chi connectivity index (χ0n) is 16.5. The van der Waals surface area contributed by atoms with Gasteiger partial charge in [0.1, 0.15) is 0 Å². The fourth-order valence-corrected chi connectivity index (χ4v) is 4.95. The van der Waals surface area contributed by atoms with E-state index in [2.05, 4.69) is 91.6 Å². The molecule has 29 heavy (non-hydrogen) atoms. The Labute approximate surface area is 169 Å². The molecule has 0 spiro atoms. The average Bonchev–Trinajstić information content (AvgIpc) is 3.01. The Kier molecular flexibility index (Phi) is 3.25. The minimum absolute atomic E-state index is 0.0561. The van der Waals surface area contributed by atoms with Crippen LogP contribution in [0.3, 0.4) is 0 Å². The van der Waals surface area contributed by atoms with E-state index in [-0.39, 0.29) is 5.41 Å². The second-order valence-electron chi connectivity index (χ2n) is 8.30. The van der Waals surface area contributed by atoms with Crippen LogP contribution in [0.5, 0.6) is 0 Å². The third kappa shape index (κ3) is 2.23. The van der Waals surface area contributed by atoms with E-state index in [0.717, 1.165) is 27.5 Å². The van der Waals surface area contributed by atoms with Gasteiger partial charge in [0.15, 0.2) is 0 Å². The van der Waals surface area contributed by atoms with Gasteiger partial charge in [0.05, 0.1) is 16.7 Å². The predicted octanol–water partition coefficient (Wildman–Crippen LogP) is 6.76. The van der Waals surface area contributed by atoms with Gasteiger partial charge in [0.25, 0.3) is 0 Å². The van der Waals surface area contributed by atoms with E-state index in [9.17, 15) is 0 Å². The van der Waals surface area contributed by atoms with Crippen LogP contribution in [0.15, 0.2) is 85.1 Å². The molecule has 0 radical (unpaired) electrons. The van der Waals surface area contributed by atoms with E-state index in [4.69, 9.17) is 4.98 Å². The van der Waals surface area contributed by atoms with Crippen molar-refractivity contribution in [1.29, 1.82) is 0 Å². The smallest absolute Gasteiger partial charge is 0.0803 e. The Hall–Kier alpha value is -3.52. The maximum absolute atomic E-state index is 5.14. The van der Waals surface area contributed by atoms with E-state index >= 15 is 0 Å². The quantitative estimate of drug-likeness (QED) is 0.304. The molecule has 0 fully saturated rings. The third-order valence-electron chi connectivity index (χ3n) is 6.30. The average molecular weight is 372 g/mol. The number of fused-ring (bicyclic) bond motifs is 6. The normalized spacial score (nSPS) is 14.1. The lowest BCUT2D eigenvalue weighted by Crippen LogP contribution is -2.16. The van der Waals surface area contributed by atoms with E-state index in [1.807, 2.05) is 12.3 Å². The number of aromatic nitrogens is 2. The van der Waals surface area contributed by atoms with Crippen LogP contribution in [0.2, 0.25) is 0 Å². The Morgan fingerprint density at radius 2 is 1.48 bits per heavy atom. The highest BCUT2D eigenvalue weighted by molar-refractivity contribution is 6.04. The van der Waals surface area contributed by atoms with Crippen molar-refractivity contribution in [2.24, 2.45) is 0 Å². The van der Waals surface area contributed by atoms with Crippen LogP contribution in [0.4, 0.5) is 0 Å². The highest BCUT2D eigenvalue weighted by Gasteiger charge is 2.37. The summed E-state index contributed by atoms with van der Waals surface area (Å²) in [6, 6.07) is 28.0. The summed E-state index contributed by atoms with van der Waals surface area (Å²) in [5, 5.41) is 2.24. The molecule has 0 atom stereocenters. The molecule has 2 heteroatoms. The third-order valence-corrected chi connectivity index (χ3v) is 6.30. The summed E-state index contributed by atoms with van der Waals surface area (Å²) in [6.45, 7) is 4.64. The first-order valence-corrected chi connectivity index (χ1v) is 10.0. The monoisotopic (exact) mass is 372 g/mol. The molecule has 2 nitrogen and oxygen atoms in total. The predicted molar refractivity (Wildman–Crippen MR) is 120 cm³/mol. The van der Waals surface area contributed by atoms with Gasteiger partial charge in [-0.25, -0.2) is 4.98 Å². The fraction of sp³-hybridized carbons (Fsp3) is 0.111. The van der Waals surface area contributed by atoms with Crippen LogP contribution >= 0.6 is 0 Å². The molecule has 0 saturated heterocycles. The number of hydrogen-bond acceptors (Lipinski definition) is 2. The number of hydrogen-bond donors (Lipinski definition) is 0. The number of nitrogens with zero attached hydrogens (tertiary/aromatic N) is 2. The molecule has 2 aromatic heterocycles. The lowest BCUT2D eigenvalue weighted by Gasteiger charge is -2.24. The summed E-state index contributed by atoms with van der Waals surface area (Å²) in [5.74, 6) is 0. The number of benzene rings is 3. The minimum Gasteiger partial charge on any atom is -0.256 e. The van der Waals surface area contributed by atoms with Crippen molar-refractivity contribution >= 4 is 21.8 Å². The van der Waals surface area contributed by atoms with E-state index in [1.165, 1.54) is 27.8 Å². The molecule has 0 amide bonds. The topological polar surface area (TPSA) is 25.8 Å². The van der Waals surface area contributed by atoms with Crippen molar-refractivity contribution in [1.82, 2.24) is 9.97 Å². The molecule has 3 aromatic carbocycles. The van der Waals surface area contributed by atoms with Gasteiger partial charge in [-0.05, 0) is 46.5 Å². The Morgan fingerprint density at radius 3 is 2.41 bits per heavy atom. The Balaban J connectivity index is 1.65. The van der Waals surface area contributed by atoms with Crippen molar-refractivity contribution in [3.8, 4) is 22.4 Å². The van der Waals surface area contributed by atoms with Crippen molar-refractivity contribution in [2.45, 2.75) is 19.3 Å². The lowest BCUT2D eigenvalue weighted by atomic mass is 9.79. The second-order valence-corrected chi connectivity index (χ2v) is 8.30. The molecular weight excluding hydrogens is 352 g/mol. The summed E-state index contributed by atoms with van der Waals surface area (Å²) in [4.78, 5) is 9.64. The molecule has 0 unspecified atom stereocenters. The van der Waals surface area contributed by atoms with Crippen molar-refractivity contribution in [3.63, 3.8) is 0 Å². The second kappa shape index (κ2) is 5.74. The first kappa shape index (κ1) is 16.4. The fourth-order valence-electron chi connectivity index (χ4n) is 4.95. The molecule has 1 aliphatic rings. The van der Waals surface area contributed by atoms with Crippen molar-refractivity contribution in [3.05, 3.63) is 96.2 Å².